The Morgan fingerprint density at radius 2 is 1.68 bits per heavy atom. The van der Waals surface area contributed by atoms with Crippen LogP contribution in [0.15, 0.2) is 48.5 Å². The molecule has 2 aromatic rings. The van der Waals surface area contributed by atoms with Crippen molar-refractivity contribution in [3.8, 4) is 5.75 Å². The predicted octanol–water partition coefficient (Wildman–Crippen LogP) is 3.34. The maximum absolute atomic E-state index is 12.4. The van der Waals surface area contributed by atoms with Gasteiger partial charge in [-0.3, -0.25) is 9.59 Å². The lowest BCUT2D eigenvalue weighted by molar-refractivity contribution is -0.134. The second-order valence-electron chi connectivity index (χ2n) is 7.53. The van der Waals surface area contributed by atoms with Crippen molar-refractivity contribution < 1.29 is 14.3 Å². The number of hydrogen-bond donors (Lipinski definition) is 1. The van der Waals surface area contributed by atoms with Crippen molar-refractivity contribution >= 4 is 11.8 Å². The SMILES string of the molecule is Cc1ccc(CCC2CCN(C(=O)COc3ccc(C(N)=O)cc3)CC2)cc1. The van der Waals surface area contributed by atoms with E-state index in [1.807, 2.05) is 4.90 Å². The summed E-state index contributed by atoms with van der Waals surface area (Å²) in [7, 11) is 0. The fourth-order valence-corrected chi connectivity index (χ4v) is 3.55. The summed E-state index contributed by atoms with van der Waals surface area (Å²) in [6.45, 7) is 3.71. The summed E-state index contributed by atoms with van der Waals surface area (Å²) in [4.78, 5) is 25.4. The molecular formula is C23H28N2O3. The monoisotopic (exact) mass is 380 g/mol. The number of benzene rings is 2. The third-order valence-corrected chi connectivity index (χ3v) is 5.43. The normalized spacial score (nSPS) is 14.7. The third kappa shape index (κ3) is 5.59. The van der Waals surface area contributed by atoms with Crippen molar-refractivity contribution in [2.24, 2.45) is 11.7 Å². The molecule has 1 aliphatic heterocycles. The number of nitrogens with two attached hydrogens (primary N) is 1. The molecule has 1 heterocycles. The van der Waals surface area contributed by atoms with Gasteiger partial charge in [-0.15, -0.1) is 0 Å². The molecule has 0 radical (unpaired) electrons. The topological polar surface area (TPSA) is 72.6 Å². The van der Waals surface area contributed by atoms with E-state index in [4.69, 9.17) is 10.5 Å². The van der Waals surface area contributed by atoms with Gasteiger partial charge in [0.05, 0.1) is 0 Å². The molecule has 1 fully saturated rings. The highest BCUT2D eigenvalue weighted by Crippen LogP contribution is 2.23. The molecule has 0 aliphatic carbocycles. The van der Waals surface area contributed by atoms with Crippen LogP contribution in [0.4, 0.5) is 0 Å². The van der Waals surface area contributed by atoms with Crippen molar-refractivity contribution in [3.63, 3.8) is 0 Å². The van der Waals surface area contributed by atoms with Crippen LogP contribution in [0.1, 0.15) is 40.7 Å². The zero-order valence-electron chi connectivity index (χ0n) is 16.4. The predicted molar refractivity (Wildman–Crippen MR) is 109 cm³/mol. The molecule has 5 nitrogen and oxygen atoms in total. The summed E-state index contributed by atoms with van der Waals surface area (Å²) in [6, 6.07) is 15.3. The maximum atomic E-state index is 12.4. The van der Waals surface area contributed by atoms with E-state index in [-0.39, 0.29) is 12.5 Å². The molecule has 28 heavy (non-hydrogen) atoms. The van der Waals surface area contributed by atoms with E-state index in [0.717, 1.165) is 32.4 Å². The second-order valence-corrected chi connectivity index (χ2v) is 7.53. The first kappa shape index (κ1) is 19.9. The number of hydrogen-bond acceptors (Lipinski definition) is 3. The molecular weight excluding hydrogens is 352 g/mol. The van der Waals surface area contributed by atoms with Crippen molar-refractivity contribution in [2.45, 2.75) is 32.6 Å². The van der Waals surface area contributed by atoms with Gasteiger partial charge >= 0.3 is 0 Å². The molecule has 2 N–H and O–H groups in total. The van der Waals surface area contributed by atoms with Crippen molar-refractivity contribution in [3.05, 3.63) is 65.2 Å². The van der Waals surface area contributed by atoms with E-state index in [1.165, 1.54) is 17.5 Å². The summed E-state index contributed by atoms with van der Waals surface area (Å²) in [6.07, 6.45) is 4.37. The molecule has 1 aliphatic rings. The zero-order chi connectivity index (χ0) is 19.9. The smallest absolute Gasteiger partial charge is 0.260 e. The fourth-order valence-electron chi connectivity index (χ4n) is 3.55. The lowest BCUT2D eigenvalue weighted by Crippen LogP contribution is -2.41. The summed E-state index contributed by atoms with van der Waals surface area (Å²) in [5.41, 5.74) is 8.32. The van der Waals surface area contributed by atoms with Crippen LogP contribution in [0.2, 0.25) is 0 Å². The quantitative estimate of drug-likeness (QED) is 0.801. The molecule has 148 valence electrons. The molecule has 0 saturated carbocycles. The third-order valence-electron chi connectivity index (χ3n) is 5.43. The van der Waals surface area contributed by atoms with Crippen LogP contribution >= 0.6 is 0 Å². The Kier molecular flexibility index (Phi) is 6.69. The molecule has 2 aromatic carbocycles. The first-order valence-electron chi connectivity index (χ1n) is 9.87. The lowest BCUT2D eigenvalue weighted by Gasteiger charge is -2.32. The van der Waals surface area contributed by atoms with Crippen molar-refractivity contribution in [1.29, 1.82) is 0 Å². The summed E-state index contributed by atoms with van der Waals surface area (Å²) < 4.78 is 5.55. The number of likely N-dealkylation sites (tertiary alicyclic amines) is 1. The van der Waals surface area contributed by atoms with Crippen molar-refractivity contribution in [2.75, 3.05) is 19.7 Å². The number of nitrogens with zero attached hydrogens (tertiary/aromatic N) is 1. The van der Waals surface area contributed by atoms with Gasteiger partial charge in [-0.1, -0.05) is 29.8 Å². The van der Waals surface area contributed by atoms with Gasteiger partial charge in [-0.25, -0.2) is 0 Å². The number of primary amides is 1. The fraction of sp³-hybridized carbons (Fsp3) is 0.391. The average Bonchev–Trinajstić information content (AvgIpc) is 2.72. The van der Waals surface area contributed by atoms with Gasteiger partial charge in [0.2, 0.25) is 5.91 Å². The van der Waals surface area contributed by atoms with Gasteiger partial charge < -0.3 is 15.4 Å². The Morgan fingerprint density at radius 1 is 1.04 bits per heavy atom. The molecule has 5 heteroatoms. The van der Waals surface area contributed by atoms with Gasteiger partial charge in [0.15, 0.2) is 6.61 Å². The van der Waals surface area contributed by atoms with E-state index in [0.29, 0.717) is 17.2 Å². The van der Waals surface area contributed by atoms with E-state index in [1.54, 1.807) is 24.3 Å². The largest absolute Gasteiger partial charge is 0.484 e. The molecule has 3 rings (SSSR count). The van der Waals surface area contributed by atoms with E-state index < -0.39 is 5.91 Å². The zero-order valence-corrected chi connectivity index (χ0v) is 16.4. The summed E-state index contributed by atoms with van der Waals surface area (Å²) >= 11 is 0. The minimum atomic E-state index is -0.479. The number of carbonyl (C=O) groups is 2. The number of piperidine rings is 1. The van der Waals surface area contributed by atoms with E-state index in [2.05, 4.69) is 31.2 Å². The molecule has 0 unspecified atom stereocenters. The van der Waals surface area contributed by atoms with Crippen LogP contribution < -0.4 is 10.5 Å². The molecule has 1 saturated heterocycles. The van der Waals surface area contributed by atoms with Crippen LogP contribution in [0.25, 0.3) is 0 Å². The van der Waals surface area contributed by atoms with Crippen LogP contribution in [0, 0.1) is 12.8 Å². The molecule has 0 aromatic heterocycles. The van der Waals surface area contributed by atoms with Crippen LogP contribution in [-0.4, -0.2) is 36.4 Å². The van der Waals surface area contributed by atoms with Gasteiger partial charge in [0, 0.05) is 18.7 Å². The molecule has 0 bridgehead atoms. The van der Waals surface area contributed by atoms with Crippen LogP contribution in [-0.2, 0) is 11.2 Å². The molecule has 2 amide bonds. The molecule has 0 spiro atoms. The first-order chi connectivity index (χ1) is 13.5. The average molecular weight is 380 g/mol. The minimum Gasteiger partial charge on any atom is -0.484 e. The molecule has 0 atom stereocenters. The number of ether oxygens (including phenoxy) is 1. The highest BCUT2D eigenvalue weighted by molar-refractivity contribution is 5.92. The number of amides is 2. The lowest BCUT2D eigenvalue weighted by atomic mass is 9.90. The van der Waals surface area contributed by atoms with Crippen LogP contribution in [0.5, 0.6) is 5.75 Å². The maximum Gasteiger partial charge on any atom is 0.260 e. The first-order valence-corrected chi connectivity index (χ1v) is 9.87. The van der Waals surface area contributed by atoms with E-state index in [9.17, 15) is 9.59 Å². The highest BCUT2D eigenvalue weighted by atomic mass is 16.5. The standard InChI is InChI=1S/C23H28N2O3/c1-17-2-4-18(5-3-17)6-7-19-12-14-25(15-13-19)22(26)16-28-21-10-8-20(9-11-21)23(24)27/h2-5,8-11,19H,6-7,12-16H2,1H3,(H2,24,27). The van der Waals surface area contributed by atoms with E-state index >= 15 is 0 Å². The summed E-state index contributed by atoms with van der Waals surface area (Å²) in [5.74, 6) is 0.766. The van der Waals surface area contributed by atoms with Gasteiger partial charge in [0.1, 0.15) is 5.75 Å². The Balaban J connectivity index is 1.38. The number of aryl methyl sites for hydroxylation is 2. The Labute approximate surface area is 166 Å². The second kappa shape index (κ2) is 9.40. The van der Waals surface area contributed by atoms with Gasteiger partial charge in [-0.2, -0.15) is 0 Å². The highest BCUT2D eigenvalue weighted by Gasteiger charge is 2.22. The number of carbonyl (C=O) groups excluding carboxylic acids is 2. The Hall–Kier alpha value is -2.82. The van der Waals surface area contributed by atoms with Gasteiger partial charge in [0.25, 0.3) is 5.91 Å². The van der Waals surface area contributed by atoms with Crippen LogP contribution in [0.3, 0.4) is 0 Å². The van der Waals surface area contributed by atoms with Crippen molar-refractivity contribution in [1.82, 2.24) is 4.90 Å². The van der Waals surface area contributed by atoms with Gasteiger partial charge in [-0.05, 0) is 68.4 Å². The minimum absolute atomic E-state index is 0.0102. The summed E-state index contributed by atoms with van der Waals surface area (Å²) in [5, 5.41) is 0. The Morgan fingerprint density at radius 3 is 2.29 bits per heavy atom. The number of rotatable bonds is 7. The Bertz CT molecular complexity index is 792.